The van der Waals surface area contributed by atoms with E-state index in [-0.39, 0.29) is 12.5 Å². The van der Waals surface area contributed by atoms with Crippen LogP contribution in [0.2, 0.25) is 0 Å². The molecule has 0 saturated carbocycles. The molecule has 1 rings (SSSR count). The number of nitriles is 1. The number of aliphatic carboxylic acids is 1. The van der Waals surface area contributed by atoms with Gasteiger partial charge in [0.15, 0.2) is 6.61 Å². The number of carboxylic acids is 1. The number of carbonyl (C=O) groups excluding carboxylic acids is 1. The number of nitrogens with zero attached hydrogens (tertiary/aromatic N) is 1. The smallest absolute Gasteiger partial charge is 0.326 e. The van der Waals surface area contributed by atoms with Crippen molar-refractivity contribution < 1.29 is 19.4 Å². The third-order valence-corrected chi connectivity index (χ3v) is 2.69. The highest BCUT2D eigenvalue weighted by Gasteiger charge is 2.21. The van der Waals surface area contributed by atoms with Crippen LogP contribution in [0.1, 0.15) is 25.8 Å². The van der Waals surface area contributed by atoms with Crippen LogP contribution in [0.3, 0.4) is 0 Å². The van der Waals surface area contributed by atoms with Gasteiger partial charge in [0.05, 0.1) is 11.6 Å². The predicted octanol–water partition coefficient (Wildman–Crippen LogP) is 1.55. The minimum atomic E-state index is -1.06. The minimum Gasteiger partial charge on any atom is -0.484 e. The molecule has 0 aliphatic carbocycles. The maximum Gasteiger partial charge on any atom is 0.326 e. The minimum absolute atomic E-state index is 0.158. The fourth-order valence-electron chi connectivity index (χ4n) is 1.70. The van der Waals surface area contributed by atoms with E-state index in [4.69, 9.17) is 15.1 Å². The van der Waals surface area contributed by atoms with Gasteiger partial charge in [0.25, 0.3) is 5.91 Å². The Morgan fingerprint density at radius 2 is 1.95 bits per heavy atom. The number of rotatable bonds is 7. The number of carboxylic acid groups (broad SMARTS) is 1. The second-order valence-corrected chi connectivity index (χ2v) is 5.01. The Balaban J connectivity index is 2.48. The summed E-state index contributed by atoms with van der Waals surface area (Å²) >= 11 is 0. The summed E-state index contributed by atoms with van der Waals surface area (Å²) in [5, 5.41) is 20.1. The number of amides is 1. The van der Waals surface area contributed by atoms with Crippen molar-refractivity contribution in [3.05, 3.63) is 29.8 Å². The van der Waals surface area contributed by atoms with E-state index in [2.05, 4.69) is 5.32 Å². The molecule has 0 aliphatic rings. The van der Waals surface area contributed by atoms with Crippen molar-refractivity contribution in [1.82, 2.24) is 5.32 Å². The van der Waals surface area contributed by atoms with Gasteiger partial charge in [0.2, 0.25) is 0 Å². The van der Waals surface area contributed by atoms with E-state index in [1.54, 1.807) is 24.3 Å². The summed E-state index contributed by atoms with van der Waals surface area (Å²) in [7, 11) is 0. The number of hydrogen-bond donors (Lipinski definition) is 2. The van der Waals surface area contributed by atoms with Crippen LogP contribution in [-0.2, 0) is 9.59 Å². The van der Waals surface area contributed by atoms with Gasteiger partial charge < -0.3 is 15.2 Å². The Labute approximate surface area is 123 Å². The molecule has 1 atom stereocenters. The third-order valence-electron chi connectivity index (χ3n) is 2.69. The molecule has 6 heteroatoms. The molecule has 0 fully saturated rings. The average molecular weight is 290 g/mol. The van der Waals surface area contributed by atoms with E-state index in [1.807, 2.05) is 19.9 Å². The quantitative estimate of drug-likeness (QED) is 0.793. The molecule has 0 spiro atoms. The monoisotopic (exact) mass is 290 g/mol. The Morgan fingerprint density at radius 3 is 2.43 bits per heavy atom. The molecule has 0 bridgehead atoms. The number of hydrogen-bond acceptors (Lipinski definition) is 4. The molecular formula is C15H18N2O4. The van der Waals surface area contributed by atoms with Crippen molar-refractivity contribution in [2.24, 2.45) is 5.92 Å². The first-order valence-electron chi connectivity index (χ1n) is 6.57. The molecular weight excluding hydrogens is 272 g/mol. The van der Waals surface area contributed by atoms with Gasteiger partial charge in [-0.2, -0.15) is 5.26 Å². The normalized spacial score (nSPS) is 11.5. The van der Waals surface area contributed by atoms with E-state index in [9.17, 15) is 9.59 Å². The van der Waals surface area contributed by atoms with Crippen molar-refractivity contribution in [2.45, 2.75) is 26.3 Å². The first-order chi connectivity index (χ1) is 9.92. The van der Waals surface area contributed by atoms with Crippen LogP contribution >= 0.6 is 0 Å². The fourth-order valence-corrected chi connectivity index (χ4v) is 1.70. The Hall–Kier alpha value is -2.55. The van der Waals surface area contributed by atoms with Gasteiger partial charge in [-0.3, -0.25) is 4.79 Å². The first-order valence-corrected chi connectivity index (χ1v) is 6.57. The van der Waals surface area contributed by atoms with E-state index in [0.29, 0.717) is 17.7 Å². The molecule has 0 unspecified atom stereocenters. The van der Waals surface area contributed by atoms with Crippen molar-refractivity contribution in [3.63, 3.8) is 0 Å². The summed E-state index contributed by atoms with van der Waals surface area (Å²) in [5.41, 5.74) is 0.495. The lowest BCUT2D eigenvalue weighted by molar-refractivity contribution is -0.142. The molecule has 1 aromatic carbocycles. The molecule has 0 aromatic heterocycles. The van der Waals surface area contributed by atoms with Crippen LogP contribution in [0.4, 0.5) is 0 Å². The summed E-state index contributed by atoms with van der Waals surface area (Å²) in [6.07, 6.45) is 0.359. The topological polar surface area (TPSA) is 99.4 Å². The SMILES string of the molecule is CC(C)C[C@H](NC(=O)COc1ccc(C#N)cc1)C(=O)O. The lowest BCUT2D eigenvalue weighted by Crippen LogP contribution is -2.43. The second-order valence-electron chi connectivity index (χ2n) is 5.01. The molecule has 0 aliphatic heterocycles. The average Bonchev–Trinajstić information content (AvgIpc) is 2.44. The zero-order valence-corrected chi connectivity index (χ0v) is 12.0. The highest BCUT2D eigenvalue weighted by molar-refractivity contribution is 5.84. The van der Waals surface area contributed by atoms with Crippen LogP contribution in [0, 0.1) is 17.2 Å². The fraction of sp³-hybridized carbons (Fsp3) is 0.400. The van der Waals surface area contributed by atoms with Gasteiger partial charge >= 0.3 is 5.97 Å². The van der Waals surface area contributed by atoms with Gasteiger partial charge in [-0.05, 0) is 36.6 Å². The molecule has 112 valence electrons. The third kappa shape index (κ3) is 5.95. The molecule has 1 amide bonds. The Kier molecular flexibility index (Phi) is 6.21. The van der Waals surface area contributed by atoms with Crippen molar-refractivity contribution in [3.8, 4) is 11.8 Å². The van der Waals surface area contributed by atoms with Crippen LogP contribution in [0.5, 0.6) is 5.75 Å². The summed E-state index contributed by atoms with van der Waals surface area (Å²) in [4.78, 5) is 22.7. The molecule has 0 radical (unpaired) electrons. The van der Waals surface area contributed by atoms with Crippen LogP contribution < -0.4 is 10.1 Å². The molecule has 1 aromatic rings. The predicted molar refractivity (Wildman–Crippen MR) is 75.7 cm³/mol. The van der Waals surface area contributed by atoms with E-state index in [1.165, 1.54) is 0 Å². The summed E-state index contributed by atoms with van der Waals surface area (Å²) in [6.45, 7) is 3.50. The lowest BCUT2D eigenvalue weighted by atomic mass is 10.0. The molecule has 6 nitrogen and oxygen atoms in total. The largest absolute Gasteiger partial charge is 0.484 e. The highest BCUT2D eigenvalue weighted by Crippen LogP contribution is 2.11. The van der Waals surface area contributed by atoms with Crippen LogP contribution in [-0.4, -0.2) is 29.6 Å². The Morgan fingerprint density at radius 1 is 1.33 bits per heavy atom. The van der Waals surface area contributed by atoms with Gasteiger partial charge in [-0.25, -0.2) is 4.79 Å². The number of ether oxygens (including phenoxy) is 1. The van der Waals surface area contributed by atoms with Gasteiger partial charge in [-0.15, -0.1) is 0 Å². The van der Waals surface area contributed by atoms with Gasteiger partial charge in [0, 0.05) is 0 Å². The number of benzene rings is 1. The standard InChI is InChI=1S/C15H18N2O4/c1-10(2)7-13(15(19)20)17-14(18)9-21-12-5-3-11(8-16)4-6-12/h3-6,10,13H,7,9H2,1-2H3,(H,17,18)(H,19,20)/t13-/m0/s1. The van der Waals surface area contributed by atoms with E-state index in [0.717, 1.165) is 0 Å². The summed E-state index contributed by atoms with van der Waals surface area (Å²) < 4.78 is 5.24. The van der Waals surface area contributed by atoms with Crippen LogP contribution in [0.25, 0.3) is 0 Å². The zero-order chi connectivity index (χ0) is 15.8. The maximum atomic E-state index is 11.7. The van der Waals surface area contributed by atoms with E-state index < -0.39 is 17.9 Å². The Bertz CT molecular complexity index is 532. The first kappa shape index (κ1) is 16.5. The van der Waals surface area contributed by atoms with Gasteiger partial charge in [-0.1, -0.05) is 13.8 Å². The molecule has 0 heterocycles. The number of nitrogens with one attached hydrogen (secondary N) is 1. The second kappa shape index (κ2) is 7.90. The van der Waals surface area contributed by atoms with E-state index >= 15 is 0 Å². The summed E-state index contributed by atoms with van der Waals surface area (Å²) in [6, 6.07) is 7.37. The lowest BCUT2D eigenvalue weighted by Gasteiger charge is -2.16. The highest BCUT2D eigenvalue weighted by atomic mass is 16.5. The van der Waals surface area contributed by atoms with Crippen molar-refractivity contribution in [1.29, 1.82) is 5.26 Å². The van der Waals surface area contributed by atoms with Crippen LogP contribution in [0.15, 0.2) is 24.3 Å². The zero-order valence-electron chi connectivity index (χ0n) is 12.0. The molecule has 21 heavy (non-hydrogen) atoms. The molecule has 2 N–H and O–H groups in total. The number of carbonyl (C=O) groups is 2. The maximum absolute atomic E-state index is 11.7. The van der Waals surface area contributed by atoms with Gasteiger partial charge in [0.1, 0.15) is 11.8 Å². The van der Waals surface area contributed by atoms with Crippen molar-refractivity contribution >= 4 is 11.9 Å². The van der Waals surface area contributed by atoms with Crippen molar-refractivity contribution in [2.75, 3.05) is 6.61 Å². The summed E-state index contributed by atoms with van der Waals surface area (Å²) in [5.74, 6) is -0.950. The molecule has 0 saturated heterocycles.